The molecular weight excluding hydrogens is 240 g/mol. The summed E-state index contributed by atoms with van der Waals surface area (Å²) in [6, 6.07) is 5.27. The SMILES string of the molecule is CCN(CC)CCNc1cc(C(=O)NC)ccc1N. The maximum atomic E-state index is 11.6. The minimum absolute atomic E-state index is 0.105. The van der Waals surface area contributed by atoms with Crippen LogP contribution in [-0.4, -0.2) is 44.0 Å². The summed E-state index contributed by atoms with van der Waals surface area (Å²) in [4.78, 5) is 13.9. The van der Waals surface area contributed by atoms with Crippen molar-refractivity contribution in [3.05, 3.63) is 23.8 Å². The van der Waals surface area contributed by atoms with Crippen molar-refractivity contribution >= 4 is 17.3 Å². The number of benzene rings is 1. The molecule has 106 valence electrons. The Labute approximate surface area is 115 Å². The average molecular weight is 264 g/mol. The summed E-state index contributed by atoms with van der Waals surface area (Å²) in [5.41, 5.74) is 7.99. The molecule has 0 aliphatic carbocycles. The van der Waals surface area contributed by atoms with Crippen LogP contribution in [0.4, 0.5) is 11.4 Å². The summed E-state index contributed by atoms with van der Waals surface area (Å²) in [7, 11) is 1.62. The second-order valence-electron chi connectivity index (χ2n) is 4.33. The number of hydrogen-bond donors (Lipinski definition) is 3. The van der Waals surface area contributed by atoms with Gasteiger partial charge in [-0.3, -0.25) is 4.79 Å². The van der Waals surface area contributed by atoms with E-state index in [1.54, 1.807) is 25.2 Å². The normalized spacial score (nSPS) is 10.5. The van der Waals surface area contributed by atoms with Crippen LogP contribution < -0.4 is 16.4 Å². The van der Waals surface area contributed by atoms with Crippen molar-refractivity contribution in [1.82, 2.24) is 10.2 Å². The van der Waals surface area contributed by atoms with E-state index in [1.807, 2.05) is 0 Å². The minimum atomic E-state index is -0.105. The van der Waals surface area contributed by atoms with E-state index in [0.29, 0.717) is 11.3 Å². The Bertz CT molecular complexity index is 416. The lowest BCUT2D eigenvalue weighted by molar-refractivity contribution is 0.0963. The fourth-order valence-corrected chi connectivity index (χ4v) is 1.88. The van der Waals surface area contributed by atoms with Crippen LogP contribution >= 0.6 is 0 Å². The van der Waals surface area contributed by atoms with Crippen LogP contribution in [0.15, 0.2) is 18.2 Å². The van der Waals surface area contributed by atoms with Gasteiger partial charge in [0.2, 0.25) is 0 Å². The molecule has 4 N–H and O–H groups in total. The highest BCUT2D eigenvalue weighted by molar-refractivity contribution is 5.96. The van der Waals surface area contributed by atoms with Crippen LogP contribution in [0.5, 0.6) is 0 Å². The summed E-state index contributed by atoms with van der Waals surface area (Å²) >= 11 is 0. The fraction of sp³-hybridized carbons (Fsp3) is 0.500. The standard InChI is InChI=1S/C14H24N4O/c1-4-18(5-2)9-8-17-13-10-11(14(19)16-3)6-7-12(13)15/h6-7,10,17H,4-5,8-9,15H2,1-3H3,(H,16,19). The van der Waals surface area contributed by atoms with Gasteiger partial charge in [0.1, 0.15) is 0 Å². The lowest BCUT2D eigenvalue weighted by Crippen LogP contribution is -2.28. The van der Waals surface area contributed by atoms with Gasteiger partial charge < -0.3 is 21.3 Å². The monoisotopic (exact) mass is 264 g/mol. The Hall–Kier alpha value is -1.75. The molecule has 5 nitrogen and oxygen atoms in total. The van der Waals surface area contributed by atoms with E-state index in [0.717, 1.165) is 31.9 Å². The zero-order valence-electron chi connectivity index (χ0n) is 12.0. The van der Waals surface area contributed by atoms with Crippen molar-refractivity contribution in [3.63, 3.8) is 0 Å². The average Bonchev–Trinajstić information content (AvgIpc) is 2.44. The first-order valence-corrected chi connectivity index (χ1v) is 6.70. The van der Waals surface area contributed by atoms with Gasteiger partial charge in [0.25, 0.3) is 5.91 Å². The highest BCUT2D eigenvalue weighted by Crippen LogP contribution is 2.19. The Kier molecular flexibility index (Phi) is 6.15. The Balaban J connectivity index is 2.64. The first-order valence-electron chi connectivity index (χ1n) is 6.70. The molecule has 0 fully saturated rings. The highest BCUT2D eigenvalue weighted by atomic mass is 16.1. The number of hydrogen-bond acceptors (Lipinski definition) is 4. The van der Waals surface area contributed by atoms with Crippen molar-refractivity contribution in [3.8, 4) is 0 Å². The molecule has 1 rings (SSSR count). The van der Waals surface area contributed by atoms with Gasteiger partial charge in [-0.05, 0) is 31.3 Å². The Morgan fingerprint density at radius 1 is 1.32 bits per heavy atom. The third-order valence-corrected chi connectivity index (χ3v) is 3.18. The van der Waals surface area contributed by atoms with Crippen LogP contribution in [0.1, 0.15) is 24.2 Å². The van der Waals surface area contributed by atoms with Crippen LogP contribution in [0, 0.1) is 0 Å². The summed E-state index contributed by atoms with van der Waals surface area (Å²) in [5, 5.41) is 5.89. The van der Waals surface area contributed by atoms with Gasteiger partial charge >= 0.3 is 0 Å². The lowest BCUT2D eigenvalue weighted by atomic mass is 10.1. The van der Waals surface area contributed by atoms with E-state index in [9.17, 15) is 4.79 Å². The van der Waals surface area contributed by atoms with Gasteiger partial charge in [-0.1, -0.05) is 13.8 Å². The maximum Gasteiger partial charge on any atom is 0.251 e. The molecule has 5 heteroatoms. The van der Waals surface area contributed by atoms with Gasteiger partial charge in [0.15, 0.2) is 0 Å². The van der Waals surface area contributed by atoms with Crippen molar-refractivity contribution in [2.24, 2.45) is 0 Å². The van der Waals surface area contributed by atoms with Crippen molar-refractivity contribution in [2.45, 2.75) is 13.8 Å². The van der Waals surface area contributed by atoms with Crippen molar-refractivity contribution in [2.75, 3.05) is 44.3 Å². The molecule has 19 heavy (non-hydrogen) atoms. The molecule has 0 aliphatic rings. The predicted molar refractivity (Wildman–Crippen MR) is 80.5 cm³/mol. The predicted octanol–water partition coefficient (Wildman–Crippen LogP) is 1.38. The molecule has 0 saturated carbocycles. The van der Waals surface area contributed by atoms with Gasteiger partial charge in [-0.15, -0.1) is 0 Å². The van der Waals surface area contributed by atoms with E-state index < -0.39 is 0 Å². The number of rotatable bonds is 7. The zero-order valence-corrected chi connectivity index (χ0v) is 12.0. The molecular formula is C14H24N4O. The van der Waals surface area contributed by atoms with E-state index in [4.69, 9.17) is 5.73 Å². The van der Waals surface area contributed by atoms with E-state index in [-0.39, 0.29) is 5.91 Å². The quantitative estimate of drug-likeness (QED) is 0.651. The first-order chi connectivity index (χ1) is 9.12. The van der Waals surface area contributed by atoms with Gasteiger partial charge in [0.05, 0.1) is 11.4 Å². The number of likely N-dealkylation sites (N-methyl/N-ethyl adjacent to an activating group) is 1. The third kappa shape index (κ3) is 4.44. The number of nitrogen functional groups attached to an aromatic ring is 1. The van der Waals surface area contributed by atoms with Gasteiger partial charge in [0, 0.05) is 25.7 Å². The Morgan fingerprint density at radius 3 is 2.58 bits per heavy atom. The van der Waals surface area contributed by atoms with E-state index in [1.165, 1.54) is 0 Å². The van der Waals surface area contributed by atoms with Crippen molar-refractivity contribution < 1.29 is 4.79 Å². The number of amides is 1. The van der Waals surface area contributed by atoms with E-state index >= 15 is 0 Å². The van der Waals surface area contributed by atoms with Gasteiger partial charge in [-0.2, -0.15) is 0 Å². The lowest BCUT2D eigenvalue weighted by Gasteiger charge is -2.19. The Morgan fingerprint density at radius 2 is 2.00 bits per heavy atom. The summed E-state index contributed by atoms with van der Waals surface area (Å²) < 4.78 is 0. The molecule has 0 bridgehead atoms. The van der Waals surface area contributed by atoms with E-state index in [2.05, 4.69) is 29.4 Å². The molecule has 0 unspecified atom stereocenters. The number of anilines is 2. The summed E-state index contributed by atoms with van der Waals surface area (Å²) in [5.74, 6) is -0.105. The van der Waals surface area contributed by atoms with Gasteiger partial charge in [-0.25, -0.2) is 0 Å². The number of nitrogens with one attached hydrogen (secondary N) is 2. The molecule has 0 aliphatic heterocycles. The maximum absolute atomic E-state index is 11.6. The molecule has 1 aromatic carbocycles. The molecule has 1 aromatic rings. The van der Waals surface area contributed by atoms with Crippen LogP contribution in [0.25, 0.3) is 0 Å². The smallest absolute Gasteiger partial charge is 0.251 e. The number of nitrogens with zero attached hydrogens (tertiary/aromatic N) is 1. The molecule has 1 amide bonds. The highest BCUT2D eigenvalue weighted by Gasteiger charge is 2.07. The first kappa shape index (κ1) is 15.3. The molecule has 0 atom stereocenters. The van der Waals surface area contributed by atoms with Crippen molar-refractivity contribution in [1.29, 1.82) is 0 Å². The molecule has 0 aromatic heterocycles. The summed E-state index contributed by atoms with van der Waals surface area (Å²) in [6.45, 7) is 8.12. The number of carbonyl (C=O) groups is 1. The number of carbonyl (C=O) groups excluding carboxylic acids is 1. The second kappa shape index (κ2) is 7.63. The largest absolute Gasteiger partial charge is 0.397 e. The molecule has 0 spiro atoms. The minimum Gasteiger partial charge on any atom is -0.397 e. The topological polar surface area (TPSA) is 70.4 Å². The van der Waals surface area contributed by atoms with Crippen LogP contribution in [-0.2, 0) is 0 Å². The zero-order chi connectivity index (χ0) is 14.3. The molecule has 0 saturated heterocycles. The third-order valence-electron chi connectivity index (χ3n) is 3.18. The fourth-order valence-electron chi connectivity index (χ4n) is 1.88. The second-order valence-corrected chi connectivity index (χ2v) is 4.33. The van der Waals surface area contributed by atoms with Crippen LogP contribution in [0.2, 0.25) is 0 Å². The molecule has 0 radical (unpaired) electrons. The summed E-state index contributed by atoms with van der Waals surface area (Å²) in [6.07, 6.45) is 0. The molecule has 0 heterocycles. The van der Waals surface area contributed by atoms with Crippen LogP contribution in [0.3, 0.4) is 0 Å². The number of nitrogens with two attached hydrogens (primary N) is 1.